The summed E-state index contributed by atoms with van der Waals surface area (Å²) in [7, 11) is -3.77. The van der Waals surface area contributed by atoms with Gasteiger partial charge in [0.25, 0.3) is 5.91 Å². The highest BCUT2D eigenvalue weighted by atomic mass is 32.2. The number of halogens is 1. The molecule has 1 aliphatic carbocycles. The van der Waals surface area contributed by atoms with Crippen LogP contribution in [-0.4, -0.2) is 40.3 Å². The summed E-state index contributed by atoms with van der Waals surface area (Å²) in [5.41, 5.74) is 1.74. The first-order valence-corrected chi connectivity index (χ1v) is 12.5. The van der Waals surface area contributed by atoms with Gasteiger partial charge in [-0.15, -0.1) is 0 Å². The molecule has 1 heterocycles. The second-order valence-corrected chi connectivity index (χ2v) is 10.2. The maximum absolute atomic E-state index is 14.6. The first-order chi connectivity index (χ1) is 14.8. The summed E-state index contributed by atoms with van der Waals surface area (Å²) >= 11 is 0. The number of sulfonamides is 1. The SMILES string of the molecule is CS(=O)(=O)NC(=O)c1cc(C2CC2)c(OCC2CCN(c3ccccc3)CC2)cc1F. The van der Waals surface area contributed by atoms with E-state index in [-0.39, 0.29) is 11.5 Å². The molecule has 31 heavy (non-hydrogen) atoms. The minimum atomic E-state index is -3.77. The van der Waals surface area contributed by atoms with Crippen LogP contribution in [0.15, 0.2) is 42.5 Å². The number of carbonyl (C=O) groups is 1. The van der Waals surface area contributed by atoms with Crippen LogP contribution >= 0.6 is 0 Å². The van der Waals surface area contributed by atoms with Crippen LogP contribution in [0.3, 0.4) is 0 Å². The molecular weight excluding hydrogens is 419 g/mol. The van der Waals surface area contributed by atoms with E-state index in [2.05, 4.69) is 17.0 Å². The van der Waals surface area contributed by atoms with E-state index >= 15 is 0 Å². The van der Waals surface area contributed by atoms with Crippen molar-refractivity contribution in [3.8, 4) is 5.75 Å². The number of amides is 1. The Labute approximate surface area is 182 Å². The summed E-state index contributed by atoms with van der Waals surface area (Å²) in [5.74, 6) is -0.675. The van der Waals surface area contributed by atoms with Gasteiger partial charge in [-0.25, -0.2) is 17.5 Å². The smallest absolute Gasteiger partial charge is 0.267 e. The van der Waals surface area contributed by atoms with E-state index < -0.39 is 21.7 Å². The molecule has 0 bridgehead atoms. The molecule has 2 aromatic carbocycles. The van der Waals surface area contributed by atoms with E-state index in [1.807, 2.05) is 22.9 Å². The summed E-state index contributed by atoms with van der Waals surface area (Å²) in [5, 5.41) is 0. The number of rotatable bonds is 7. The van der Waals surface area contributed by atoms with Crippen molar-refractivity contribution in [1.29, 1.82) is 0 Å². The standard InChI is InChI=1S/C23H27FN2O4S/c1-31(28,29)25-23(27)20-13-19(17-7-8-17)22(14-21(20)24)30-15-16-9-11-26(12-10-16)18-5-3-2-4-6-18/h2-6,13-14,16-17H,7-12,15H2,1H3,(H,25,27). The Morgan fingerprint density at radius 1 is 1.13 bits per heavy atom. The van der Waals surface area contributed by atoms with Gasteiger partial charge in [0.15, 0.2) is 0 Å². The van der Waals surface area contributed by atoms with Crippen LogP contribution in [0.25, 0.3) is 0 Å². The summed E-state index contributed by atoms with van der Waals surface area (Å²) in [6, 6.07) is 13.0. The molecule has 1 saturated carbocycles. The average molecular weight is 447 g/mol. The highest BCUT2D eigenvalue weighted by Crippen LogP contribution is 2.45. The van der Waals surface area contributed by atoms with Crippen molar-refractivity contribution >= 4 is 21.6 Å². The van der Waals surface area contributed by atoms with Crippen molar-refractivity contribution in [2.24, 2.45) is 5.92 Å². The van der Waals surface area contributed by atoms with Crippen LogP contribution in [0.5, 0.6) is 5.75 Å². The van der Waals surface area contributed by atoms with Gasteiger partial charge in [0.1, 0.15) is 11.6 Å². The predicted molar refractivity (Wildman–Crippen MR) is 118 cm³/mol. The van der Waals surface area contributed by atoms with Gasteiger partial charge in [0, 0.05) is 24.8 Å². The number of carbonyl (C=O) groups excluding carboxylic acids is 1. The summed E-state index contributed by atoms with van der Waals surface area (Å²) in [6.45, 7) is 2.40. The van der Waals surface area contributed by atoms with E-state index in [1.165, 1.54) is 17.8 Å². The van der Waals surface area contributed by atoms with Gasteiger partial charge in [-0.05, 0) is 61.3 Å². The maximum atomic E-state index is 14.6. The van der Waals surface area contributed by atoms with Crippen LogP contribution in [0.4, 0.5) is 10.1 Å². The predicted octanol–water partition coefficient (Wildman–Crippen LogP) is 3.69. The third-order valence-corrected chi connectivity index (χ3v) is 6.41. The van der Waals surface area contributed by atoms with Gasteiger partial charge in [-0.3, -0.25) is 4.79 Å². The highest BCUT2D eigenvalue weighted by molar-refractivity contribution is 7.89. The van der Waals surface area contributed by atoms with Crippen LogP contribution in [0.1, 0.15) is 47.5 Å². The monoisotopic (exact) mass is 446 g/mol. The maximum Gasteiger partial charge on any atom is 0.267 e. The van der Waals surface area contributed by atoms with Gasteiger partial charge in [-0.1, -0.05) is 18.2 Å². The minimum Gasteiger partial charge on any atom is -0.493 e. The lowest BCUT2D eigenvalue weighted by Gasteiger charge is -2.33. The molecule has 0 spiro atoms. The van der Waals surface area contributed by atoms with Crippen LogP contribution in [0, 0.1) is 11.7 Å². The Balaban J connectivity index is 1.41. The van der Waals surface area contributed by atoms with Crippen LogP contribution in [-0.2, 0) is 10.0 Å². The number of nitrogens with one attached hydrogen (secondary N) is 1. The molecular formula is C23H27FN2O4S. The molecule has 0 aromatic heterocycles. The van der Waals surface area contributed by atoms with E-state index in [0.29, 0.717) is 18.3 Å². The minimum absolute atomic E-state index is 0.223. The molecule has 0 radical (unpaired) electrons. The summed E-state index contributed by atoms with van der Waals surface area (Å²) in [6.07, 6.45) is 4.75. The van der Waals surface area contributed by atoms with Gasteiger partial charge >= 0.3 is 0 Å². The molecule has 2 aliphatic rings. The third-order valence-electron chi connectivity index (χ3n) is 5.85. The molecule has 1 amide bonds. The third kappa shape index (κ3) is 5.55. The number of nitrogens with zero attached hydrogens (tertiary/aromatic N) is 1. The molecule has 8 heteroatoms. The quantitative estimate of drug-likeness (QED) is 0.702. The first-order valence-electron chi connectivity index (χ1n) is 10.6. The zero-order valence-corrected chi connectivity index (χ0v) is 18.3. The number of benzene rings is 2. The Bertz CT molecular complexity index is 1050. The van der Waals surface area contributed by atoms with Gasteiger partial charge in [0.05, 0.1) is 18.4 Å². The van der Waals surface area contributed by atoms with E-state index in [1.54, 1.807) is 0 Å². The van der Waals surface area contributed by atoms with Crippen molar-refractivity contribution in [2.45, 2.75) is 31.6 Å². The number of hydrogen-bond donors (Lipinski definition) is 1. The summed E-state index contributed by atoms with van der Waals surface area (Å²) in [4.78, 5) is 14.5. The summed E-state index contributed by atoms with van der Waals surface area (Å²) < 4.78 is 45.1. The molecule has 166 valence electrons. The number of hydrogen-bond acceptors (Lipinski definition) is 5. The molecule has 0 unspecified atom stereocenters. The fraction of sp³-hybridized carbons (Fsp3) is 0.435. The topological polar surface area (TPSA) is 75.7 Å². The molecule has 6 nitrogen and oxygen atoms in total. The second kappa shape index (κ2) is 8.86. The van der Waals surface area contributed by atoms with Crippen molar-refractivity contribution in [2.75, 3.05) is 30.9 Å². The molecule has 2 aromatic rings. The van der Waals surface area contributed by atoms with Crippen molar-refractivity contribution in [3.63, 3.8) is 0 Å². The van der Waals surface area contributed by atoms with Crippen LogP contribution in [0.2, 0.25) is 0 Å². The highest BCUT2D eigenvalue weighted by Gasteiger charge is 2.30. The Morgan fingerprint density at radius 2 is 1.81 bits per heavy atom. The molecule has 4 rings (SSSR count). The van der Waals surface area contributed by atoms with Gasteiger partial charge < -0.3 is 9.64 Å². The number of ether oxygens (including phenoxy) is 1. The second-order valence-electron chi connectivity index (χ2n) is 8.42. The Hall–Kier alpha value is -2.61. The lowest BCUT2D eigenvalue weighted by molar-refractivity contribution is 0.0977. The average Bonchev–Trinajstić information content (AvgIpc) is 3.57. The molecule has 1 N–H and O–H groups in total. The fourth-order valence-corrected chi connectivity index (χ4v) is 4.46. The zero-order chi connectivity index (χ0) is 22.0. The molecule has 2 fully saturated rings. The normalized spacial score (nSPS) is 17.4. The van der Waals surface area contributed by atoms with Crippen molar-refractivity contribution in [1.82, 2.24) is 4.72 Å². The first kappa shape index (κ1) is 21.6. The van der Waals surface area contributed by atoms with Crippen molar-refractivity contribution < 1.29 is 22.3 Å². The largest absolute Gasteiger partial charge is 0.493 e. The van der Waals surface area contributed by atoms with Crippen molar-refractivity contribution in [3.05, 3.63) is 59.4 Å². The number of piperidine rings is 1. The number of para-hydroxylation sites is 1. The molecule has 0 atom stereocenters. The van der Waals surface area contributed by atoms with Crippen LogP contribution < -0.4 is 14.4 Å². The fourth-order valence-electron chi connectivity index (χ4n) is 4.01. The Kier molecular flexibility index (Phi) is 6.18. The lowest BCUT2D eigenvalue weighted by Crippen LogP contribution is -2.35. The Morgan fingerprint density at radius 3 is 2.42 bits per heavy atom. The molecule has 1 aliphatic heterocycles. The van der Waals surface area contributed by atoms with E-state index in [9.17, 15) is 17.6 Å². The van der Waals surface area contributed by atoms with E-state index in [4.69, 9.17) is 4.74 Å². The number of anilines is 1. The lowest BCUT2D eigenvalue weighted by atomic mass is 9.97. The zero-order valence-electron chi connectivity index (χ0n) is 17.5. The molecule has 1 saturated heterocycles. The van der Waals surface area contributed by atoms with Gasteiger partial charge in [-0.2, -0.15) is 0 Å². The van der Waals surface area contributed by atoms with E-state index in [0.717, 1.165) is 50.6 Å². The van der Waals surface area contributed by atoms with Gasteiger partial charge in [0.2, 0.25) is 10.0 Å².